The van der Waals surface area contributed by atoms with Gasteiger partial charge in [0.1, 0.15) is 6.04 Å². The van der Waals surface area contributed by atoms with E-state index in [4.69, 9.17) is 11.6 Å². The Morgan fingerprint density at radius 3 is 2.55 bits per heavy atom. The minimum Gasteiger partial charge on any atom is -0.352 e. The zero-order valence-corrected chi connectivity index (χ0v) is 11.9. The number of halogens is 1. The highest BCUT2D eigenvalue weighted by Gasteiger charge is 2.38. The van der Waals surface area contributed by atoms with Crippen LogP contribution < -0.4 is 5.32 Å². The number of carbonyl (C=O) groups is 2. The lowest BCUT2D eigenvalue weighted by molar-refractivity contribution is -0.148. The summed E-state index contributed by atoms with van der Waals surface area (Å²) < 4.78 is 0. The molecule has 2 amide bonds. The maximum Gasteiger partial charge on any atom is 0.247 e. The highest BCUT2D eigenvalue weighted by molar-refractivity contribution is 6.30. The van der Waals surface area contributed by atoms with Crippen LogP contribution in [-0.2, 0) is 9.59 Å². The third-order valence-corrected chi connectivity index (χ3v) is 4.39. The summed E-state index contributed by atoms with van der Waals surface area (Å²) in [6.07, 6.45) is 3.01. The molecule has 1 saturated heterocycles. The Labute approximate surface area is 123 Å². The standard InChI is InChI=1S/C15H17ClN2O2/c16-12-6-4-10(5-7-12)13-14(19)17-8-9-18(13)15(20)11-2-1-3-11/h4-7,11,13H,1-3,8-9H2,(H,17,19). The lowest BCUT2D eigenvalue weighted by atomic mass is 9.83. The molecule has 1 saturated carbocycles. The molecule has 2 aliphatic rings. The average Bonchev–Trinajstić information content (AvgIpc) is 2.38. The Morgan fingerprint density at radius 1 is 1.25 bits per heavy atom. The van der Waals surface area contributed by atoms with Gasteiger partial charge in [-0.3, -0.25) is 9.59 Å². The smallest absolute Gasteiger partial charge is 0.247 e. The number of piperazine rings is 1. The molecular weight excluding hydrogens is 276 g/mol. The lowest BCUT2D eigenvalue weighted by Crippen LogP contribution is -2.54. The fraction of sp³-hybridized carbons (Fsp3) is 0.467. The van der Waals surface area contributed by atoms with Crippen LogP contribution in [0.15, 0.2) is 24.3 Å². The van der Waals surface area contributed by atoms with Crippen molar-refractivity contribution in [3.63, 3.8) is 0 Å². The fourth-order valence-electron chi connectivity index (χ4n) is 2.77. The van der Waals surface area contributed by atoms with Crippen LogP contribution in [0.1, 0.15) is 30.9 Å². The lowest BCUT2D eigenvalue weighted by Gasteiger charge is -2.39. The molecule has 3 rings (SSSR count). The molecule has 1 aliphatic heterocycles. The minimum absolute atomic E-state index is 0.105. The van der Waals surface area contributed by atoms with Gasteiger partial charge in [0.15, 0.2) is 0 Å². The van der Waals surface area contributed by atoms with Crippen molar-refractivity contribution in [2.45, 2.75) is 25.3 Å². The van der Waals surface area contributed by atoms with E-state index in [0.717, 1.165) is 24.8 Å². The van der Waals surface area contributed by atoms with Crippen molar-refractivity contribution in [2.75, 3.05) is 13.1 Å². The van der Waals surface area contributed by atoms with Gasteiger partial charge in [-0.05, 0) is 30.5 Å². The summed E-state index contributed by atoms with van der Waals surface area (Å²) in [5.41, 5.74) is 0.819. The van der Waals surface area contributed by atoms with E-state index < -0.39 is 6.04 Å². The van der Waals surface area contributed by atoms with E-state index >= 15 is 0 Å². The van der Waals surface area contributed by atoms with Crippen LogP contribution in [-0.4, -0.2) is 29.8 Å². The molecule has 1 aromatic carbocycles. The summed E-state index contributed by atoms with van der Waals surface area (Å²) in [5.74, 6) is 0.119. The Balaban J connectivity index is 1.88. The van der Waals surface area contributed by atoms with Crippen molar-refractivity contribution < 1.29 is 9.59 Å². The molecule has 1 aliphatic carbocycles. The van der Waals surface area contributed by atoms with Crippen LogP contribution in [0.5, 0.6) is 0 Å². The zero-order chi connectivity index (χ0) is 14.1. The first-order valence-electron chi connectivity index (χ1n) is 7.00. The molecule has 4 nitrogen and oxygen atoms in total. The fourth-order valence-corrected chi connectivity index (χ4v) is 2.90. The summed E-state index contributed by atoms with van der Waals surface area (Å²) in [6, 6.07) is 6.63. The number of hydrogen-bond acceptors (Lipinski definition) is 2. The van der Waals surface area contributed by atoms with Crippen molar-refractivity contribution in [3.05, 3.63) is 34.9 Å². The van der Waals surface area contributed by atoms with Crippen molar-refractivity contribution in [3.8, 4) is 0 Å². The first-order valence-corrected chi connectivity index (χ1v) is 7.38. The second-order valence-electron chi connectivity index (χ2n) is 5.40. The normalized spacial score (nSPS) is 23.1. The summed E-state index contributed by atoms with van der Waals surface area (Å²) >= 11 is 5.89. The first-order chi connectivity index (χ1) is 9.66. The molecule has 1 atom stereocenters. The van der Waals surface area contributed by atoms with Gasteiger partial charge in [-0.2, -0.15) is 0 Å². The number of carbonyl (C=O) groups excluding carboxylic acids is 2. The van der Waals surface area contributed by atoms with Gasteiger partial charge in [-0.15, -0.1) is 0 Å². The number of nitrogens with zero attached hydrogens (tertiary/aromatic N) is 1. The van der Waals surface area contributed by atoms with Gasteiger partial charge in [0.25, 0.3) is 0 Å². The van der Waals surface area contributed by atoms with E-state index in [1.54, 1.807) is 17.0 Å². The summed E-state index contributed by atoms with van der Waals surface area (Å²) in [5, 5.41) is 3.47. The molecule has 0 radical (unpaired) electrons. The van der Waals surface area contributed by atoms with Crippen molar-refractivity contribution in [1.29, 1.82) is 0 Å². The van der Waals surface area contributed by atoms with Crippen LogP contribution in [0.3, 0.4) is 0 Å². The van der Waals surface area contributed by atoms with E-state index in [-0.39, 0.29) is 17.7 Å². The largest absolute Gasteiger partial charge is 0.352 e. The van der Waals surface area contributed by atoms with Gasteiger partial charge in [-0.25, -0.2) is 0 Å². The molecule has 5 heteroatoms. The van der Waals surface area contributed by atoms with E-state index in [9.17, 15) is 9.59 Å². The molecule has 0 spiro atoms. The molecule has 0 aromatic heterocycles. The number of benzene rings is 1. The van der Waals surface area contributed by atoms with Gasteiger partial charge in [0.05, 0.1) is 0 Å². The quantitative estimate of drug-likeness (QED) is 0.908. The second-order valence-corrected chi connectivity index (χ2v) is 5.84. The molecule has 1 N–H and O–H groups in total. The van der Waals surface area contributed by atoms with E-state index in [2.05, 4.69) is 5.32 Å². The van der Waals surface area contributed by atoms with Gasteiger partial charge >= 0.3 is 0 Å². The van der Waals surface area contributed by atoms with Crippen molar-refractivity contribution >= 4 is 23.4 Å². The maximum absolute atomic E-state index is 12.5. The Bertz CT molecular complexity index is 525. The molecule has 20 heavy (non-hydrogen) atoms. The summed E-state index contributed by atoms with van der Waals surface area (Å²) in [4.78, 5) is 26.4. The van der Waals surface area contributed by atoms with Crippen LogP contribution in [0.2, 0.25) is 5.02 Å². The van der Waals surface area contributed by atoms with E-state index in [0.29, 0.717) is 18.1 Å². The molecule has 1 unspecified atom stereocenters. The highest BCUT2D eigenvalue weighted by Crippen LogP contribution is 2.32. The Kier molecular flexibility index (Phi) is 3.66. The molecule has 1 heterocycles. The van der Waals surface area contributed by atoms with Crippen LogP contribution >= 0.6 is 11.6 Å². The number of hydrogen-bond donors (Lipinski definition) is 1. The number of rotatable bonds is 2. The molecule has 1 aromatic rings. The monoisotopic (exact) mass is 292 g/mol. The predicted octanol–water partition coefficient (Wildman–Crippen LogP) is 2.14. The van der Waals surface area contributed by atoms with Gasteiger partial charge < -0.3 is 10.2 Å². The van der Waals surface area contributed by atoms with Gasteiger partial charge in [0.2, 0.25) is 11.8 Å². The third kappa shape index (κ3) is 2.40. The Morgan fingerprint density at radius 2 is 1.95 bits per heavy atom. The summed E-state index contributed by atoms with van der Waals surface area (Å²) in [7, 11) is 0. The van der Waals surface area contributed by atoms with E-state index in [1.807, 2.05) is 12.1 Å². The topological polar surface area (TPSA) is 49.4 Å². The van der Waals surface area contributed by atoms with Crippen LogP contribution in [0, 0.1) is 5.92 Å². The third-order valence-electron chi connectivity index (χ3n) is 4.14. The van der Waals surface area contributed by atoms with Crippen LogP contribution in [0.4, 0.5) is 0 Å². The first kappa shape index (κ1) is 13.4. The van der Waals surface area contributed by atoms with Crippen LogP contribution in [0.25, 0.3) is 0 Å². The summed E-state index contributed by atoms with van der Waals surface area (Å²) in [6.45, 7) is 1.11. The zero-order valence-electron chi connectivity index (χ0n) is 11.1. The average molecular weight is 293 g/mol. The molecule has 2 fully saturated rings. The SMILES string of the molecule is O=C1NCCN(C(=O)C2CCC2)C1c1ccc(Cl)cc1. The van der Waals surface area contributed by atoms with Gasteiger partial charge in [0, 0.05) is 24.0 Å². The maximum atomic E-state index is 12.5. The number of nitrogens with one attached hydrogen (secondary N) is 1. The Hall–Kier alpha value is -1.55. The number of amides is 2. The van der Waals surface area contributed by atoms with Gasteiger partial charge in [-0.1, -0.05) is 30.2 Å². The van der Waals surface area contributed by atoms with Crippen molar-refractivity contribution in [2.24, 2.45) is 5.92 Å². The minimum atomic E-state index is -0.519. The molecule has 106 valence electrons. The van der Waals surface area contributed by atoms with E-state index in [1.165, 1.54) is 0 Å². The predicted molar refractivity (Wildman–Crippen MR) is 76.3 cm³/mol. The molecular formula is C15H17ClN2O2. The van der Waals surface area contributed by atoms with Crippen molar-refractivity contribution in [1.82, 2.24) is 10.2 Å². The highest BCUT2D eigenvalue weighted by atomic mass is 35.5. The molecule has 0 bridgehead atoms. The second kappa shape index (κ2) is 5.44.